The first-order valence-electron chi connectivity index (χ1n) is 10.3. The second kappa shape index (κ2) is 9.59. The number of imidazole rings is 4. The number of aromatic nitrogens is 8. The van der Waals surface area contributed by atoms with E-state index < -0.39 is 0 Å². The number of nitrogen functional groups attached to an aromatic ring is 1. The Morgan fingerprint density at radius 1 is 0.529 bits per heavy atom. The normalized spacial score (nSPS) is 10.6. The topological polar surface area (TPSA) is 97.3 Å². The molecule has 4 aromatic heterocycles. The van der Waals surface area contributed by atoms with Crippen LogP contribution in [0.3, 0.4) is 0 Å². The molecule has 0 bridgehead atoms. The minimum absolute atomic E-state index is 0.720. The largest absolute Gasteiger partial charge is 0.399 e. The van der Waals surface area contributed by atoms with Crippen molar-refractivity contribution in [1.82, 2.24) is 38.2 Å². The Hall–Kier alpha value is -4.44. The monoisotopic (exact) mass is 513 g/mol. The van der Waals surface area contributed by atoms with Crippen LogP contribution in [0.4, 0.5) is 5.69 Å². The van der Waals surface area contributed by atoms with Crippen molar-refractivity contribution in [2.24, 2.45) is 0 Å². The highest BCUT2D eigenvalue weighted by Gasteiger charge is 2.07. The van der Waals surface area contributed by atoms with Gasteiger partial charge in [-0.05, 0) is 36.4 Å². The number of anilines is 1. The Labute approximate surface area is 203 Å². The molecule has 6 aromatic rings. The van der Waals surface area contributed by atoms with Gasteiger partial charge in [-0.2, -0.15) is 0 Å². The molecule has 0 spiro atoms. The van der Waals surface area contributed by atoms with Crippen LogP contribution in [0.2, 0.25) is 0 Å². The van der Waals surface area contributed by atoms with Gasteiger partial charge in [0.05, 0.1) is 48.1 Å². The fraction of sp³-hybridized carbons (Fsp3) is 0. The van der Waals surface area contributed by atoms with Crippen molar-refractivity contribution >= 4 is 21.6 Å². The van der Waals surface area contributed by atoms with E-state index in [-0.39, 0.29) is 0 Å². The van der Waals surface area contributed by atoms with E-state index in [1.54, 1.807) is 50.1 Å². The Morgan fingerprint density at radius 2 is 0.941 bits per heavy atom. The Bertz CT molecular complexity index is 1340. The van der Waals surface area contributed by atoms with Gasteiger partial charge >= 0.3 is 0 Å². The maximum Gasteiger partial charge on any atom is 0.0992 e. The van der Waals surface area contributed by atoms with E-state index in [1.165, 1.54) is 0 Å². The smallest absolute Gasteiger partial charge is 0.0992 e. The van der Waals surface area contributed by atoms with E-state index >= 15 is 0 Å². The van der Waals surface area contributed by atoms with Crippen molar-refractivity contribution in [2.75, 3.05) is 5.73 Å². The third-order valence-corrected chi connectivity index (χ3v) is 5.56. The predicted molar refractivity (Wildman–Crippen MR) is 133 cm³/mol. The second-order valence-electron chi connectivity index (χ2n) is 7.26. The van der Waals surface area contributed by atoms with Crippen molar-refractivity contribution in [3.05, 3.63) is 116 Å². The van der Waals surface area contributed by atoms with E-state index in [2.05, 4.69) is 41.9 Å². The lowest BCUT2D eigenvalue weighted by Gasteiger charge is -2.11. The second-order valence-corrected chi connectivity index (χ2v) is 8.18. The molecule has 0 atom stereocenters. The molecule has 168 valence electrons. The van der Waals surface area contributed by atoms with Crippen LogP contribution in [0.25, 0.3) is 22.7 Å². The summed E-state index contributed by atoms with van der Waals surface area (Å²) in [5.41, 5.74) is 10.6. The van der Waals surface area contributed by atoms with Crippen LogP contribution < -0.4 is 5.73 Å². The number of hydrogen-bond acceptors (Lipinski definition) is 5. The fourth-order valence-corrected chi connectivity index (χ4v) is 3.84. The molecule has 10 heteroatoms. The molecule has 6 rings (SSSR count). The van der Waals surface area contributed by atoms with Crippen LogP contribution >= 0.6 is 15.9 Å². The molecule has 2 aromatic carbocycles. The Morgan fingerprint density at radius 3 is 1.38 bits per heavy atom. The third kappa shape index (κ3) is 4.52. The molecule has 0 aliphatic heterocycles. The van der Waals surface area contributed by atoms with Crippen molar-refractivity contribution in [3.63, 3.8) is 0 Å². The van der Waals surface area contributed by atoms with Crippen LogP contribution in [-0.4, -0.2) is 38.2 Å². The molecule has 0 unspecified atom stereocenters. The quantitative estimate of drug-likeness (QED) is 0.351. The van der Waals surface area contributed by atoms with Crippen molar-refractivity contribution < 1.29 is 0 Å². The minimum atomic E-state index is 0.720. The van der Waals surface area contributed by atoms with Crippen LogP contribution in [0.15, 0.2) is 116 Å². The Balaban J connectivity index is 0.000000142. The molecule has 0 aliphatic rings. The zero-order chi connectivity index (χ0) is 23.3. The van der Waals surface area contributed by atoms with E-state index in [4.69, 9.17) is 5.73 Å². The molecule has 0 fully saturated rings. The number of nitrogens with zero attached hydrogens (tertiary/aromatic N) is 8. The first-order valence-corrected chi connectivity index (χ1v) is 11.1. The van der Waals surface area contributed by atoms with Gasteiger partial charge in [0.2, 0.25) is 0 Å². The lowest BCUT2D eigenvalue weighted by atomic mass is 10.2. The van der Waals surface area contributed by atoms with E-state index in [0.29, 0.717) is 0 Å². The van der Waals surface area contributed by atoms with Gasteiger partial charge in [0.15, 0.2) is 0 Å². The first-order chi connectivity index (χ1) is 16.7. The van der Waals surface area contributed by atoms with Gasteiger partial charge in [-0.15, -0.1) is 0 Å². The Kier molecular flexibility index (Phi) is 6.04. The molecule has 0 aliphatic carbocycles. The van der Waals surface area contributed by atoms with Crippen molar-refractivity contribution in [1.29, 1.82) is 0 Å². The standard InChI is InChI=1S/C12H9BrN4.C12H11N5/c2*13-10-1-2-11(16-5-3-14-8-16)12(7-10)17-6-4-15-9-17/h1-9H;1-9H,13H2. The van der Waals surface area contributed by atoms with Gasteiger partial charge < -0.3 is 24.0 Å². The van der Waals surface area contributed by atoms with Gasteiger partial charge in [-0.25, -0.2) is 19.9 Å². The number of halogens is 1. The van der Waals surface area contributed by atoms with E-state index in [1.807, 2.05) is 73.4 Å². The summed E-state index contributed by atoms with van der Waals surface area (Å²) in [6.45, 7) is 0. The highest BCUT2D eigenvalue weighted by Crippen LogP contribution is 2.24. The first kappa shape index (κ1) is 21.4. The molecular weight excluding hydrogens is 494 g/mol. The van der Waals surface area contributed by atoms with E-state index in [0.717, 1.165) is 32.9 Å². The van der Waals surface area contributed by atoms with Gasteiger partial charge in [-0.3, -0.25) is 0 Å². The van der Waals surface area contributed by atoms with Gasteiger partial charge in [0.1, 0.15) is 0 Å². The predicted octanol–water partition coefficient (Wildman–Crippen LogP) is 4.46. The summed E-state index contributed by atoms with van der Waals surface area (Å²) >= 11 is 3.49. The maximum atomic E-state index is 5.83. The number of nitrogens with two attached hydrogens (primary N) is 1. The highest BCUT2D eigenvalue weighted by molar-refractivity contribution is 9.10. The molecule has 2 N–H and O–H groups in total. The average molecular weight is 514 g/mol. The molecule has 0 saturated carbocycles. The zero-order valence-electron chi connectivity index (χ0n) is 17.9. The zero-order valence-corrected chi connectivity index (χ0v) is 19.5. The molecule has 9 nitrogen and oxygen atoms in total. The highest BCUT2D eigenvalue weighted by atomic mass is 79.9. The van der Waals surface area contributed by atoms with Crippen LogP contribution in [0.1, 0.15) is 0 Å². The van der Waals surface area contributed by atoms with Crippen molar-refractivity contribution in [2.45, 2.75) is 0 Å². The summed E-state index contributed by atoms with van der Waals surface area (Å²) in [5.74, 6) is 0. The van der Waals surface area contributed by atoms with Crippen LogP contribution in [-0.2, 0) is 0 Å². The van der Waals surface area contributed by atoms with Gasteiger partial charge in [-0.1, -0.05) is 15.9 Å². The van der Waals surface area contributed by atoms with Gasteiger partial charge in [0.25, 0.3) is 0 Å². The molecule has 4 heterocycles. The minimum Gasteiger partial charge on any atom is -0.399 e. The molecule has 0 radical (unpaired) electrons. The lowest BCUT2D eigenvalue weighted by molar-refractivity contribution is 0.984. The number of rotatable bonds is 4. The summed E-state index contributed by atoms with van der Waals surface area (Å²) < 4.78 is 8.84. The van der Waals surface area contributed by atoms with E-state index in [9.17, 15) is 0 Å². The number of hydrogen-bond donors (Lipinski definition) is 1. The van der Waals surface area contributed by atoms with Crippen molar-refractivity contribution in [3.8, 4) is 22.7 Å². The third-order valence-electron chi connectivity index (χ3n) is 5.07. The molecule has 0 saturated heterocycles. The summed E-state index contributed by atoms with van der Waals surface area (Å²) in [6, 6.07) is 11.9. The maximum absolute atomic E-state index is 5.83. The summed E-state index contributed by atoms with van der Waals surface area (Å²) in [6.07, 6.45) is 21.7. The molecule has 0 amide bonds. The molecular formula is C24H20BrN9. The summed E-state index contributed by atoms with van der Waals surface area (Å²) in [4.78, 5) is 16.2. The number of benzene rings is 2. The SMILES string of the molecule is Brc1ccc(-n2ccnc2)c(-n2ccnc2)c1.Nc1ccc(-n2ccnc2)c(-n2ccnc2)c1. The van der Waals surface area contributed by atoms with Crippen LogP contribution in [0, 0.1) is 0 Å². The lowest BCUT2D eigenvalue weighted by Crippen LogP contribution is -2.01. The average Bonchev–Trinajstić information content (AvgIpc) is 3.67. The molecule has 34 heavy (non-hydrogen) atoms. The summed E-state index contributed by atoms with van der Waals surface area (Å²) in [7, 11) is 0. The fourth-order valence-electron chi connectivity index (χ4n) is 3.49. The van der Waals surface area contributed by atoms with Gasteiger partial charge in [0, 0.05) is 59.7 Å². The van der Waals surface area contributed by atoms with Crippen LogP contribution in [0.5, 0.6) is 0 Å². The summed E-state index contributed by atoms with van der Waals surface area (Å²) in [5, 5.41) is 0.